The predicted molar refractivity (Wildman–Crippen MR) is 161 cm³/mol. The molecule has 8 nitrogen and oxygen atoms in total. The van der Waals surface area contributed by atoms with E-state index in [1.807, 2.05) is 12.2 Å². The Labute approximate surface area is 242 Å². The second-order valence-corrected chi connectivity index (χ2v) is 10.9. The third-order valence-electron chi connectivity index (χ3n) is 5.84. The summed E-state index contributed by atoms with van der Waals surface area (Å²) in [4.78, 5) is 42.2. The first-order valence-corrected chi connectivity index (χ1v) is 16.5. The first-order chi connectivity index (χ1) is 19.3. The van der Waals surface area contributed by atoms with Crippen LogP contribution < -0.4 is 0 Å². The third kappa shape index (κ3) is 29.0. The summed E-state index contributed by atoms with van der Waals surface area (Å²) < 4.78 is 26.0. The van der Waals surface area contributed by atoms with Gasteiger partial charge in [-0.25, -0.2) is 4.57 Å². The van der Waals surface area contributed by atoms with Crippen molar-refractivity contribution in [3.05, 3.63) is 48.6 Å². The Morgan fingerprint density at radius 3 is 1.88 bits per heavy atom. The first-order valence-electron chi connectivity index (χ1n) is 14.9. The summed E-state index contributed by atoms with van der Waals surface area (Å²) in [6, 6.07) is 0. The summed E-state index contributed by atoms with van der Waals surface area (Å²) in [5, 5.41) is 0. The number of hydrogen-bond donors (Lipinski definition) is 2. The van der Waals surface area contributed by atoms with Gasteiger partial charge in [-0.3, -0.25) is 14.1 Å². The molecule has 0 aromatic carbocycles. The van der Waals surface area contributed by atoms with Crippen molar-refractivity contribution in [2.75, 3.05) is 13.2 Å². The molecule has 1 unspecified atom stereocenters. The first kappa shape index (κ1) is 38.0. The van der Waals surface area contributed by atoms with Gasteiger partial charge in [0.15, 0.2) is 6.10 Å². The number of allylic oxidation sites excluding steroid dienone is 8. The van der Waals surface area contributed by atoms with Gasteiger partial charge in [-0.1, -0.05) is 94.6 Å². The molecule has 230 valence electrons. The van der Waals surface area contributed by atoms with Gasteiger partial charge in [0.05, 0.1) is 6.61 Å². The molecule has 0 radical (unpaired) electrons. The van der Waals surface area contributed by atoms with Crippen molar-refractivity contribution in [1.82, 2.24) is 0 Å². The second-order valence-electron chi connectivity index (χ2n) is 9.69. The molecule has 0 fully saturated rings. The number of ether oxygens (including phenoxy) is 2. The van der Waals surface area contributed by atoms with E-state index in [0.717, 1.165) is 38.5 Å². The number of unbranched alkanes of at least 4 members (excludes halogenated alkanes) is 8. The van der Waals surface area contributed by atoms with E-state index >= 15 is 0 Å². The van der Waals surface area contributed by atoms with E-state index in [1.54, 1.807) is 0 Å². The van der Waals surface area contributed by atoms with Crippen molar-refractivity contribution >= 4 is 19.8 Å². The van der Waals surface area contributed by atoms with E-state index in [9.17, 15) is 14.2 Å². The maximum absolute atomic E-state index is 12.2. The normalized spacial score (nSPS) is 13.2. The fourth-order valence-electron chi connectivity index (χ4n) is 3.64. The summed E-state index contributed by atoms with van der Waals surface area (Å²) in [7, 11) is -4.76. The molecular formula is C31H53O8P. The highest BCUT2D eigenvalue weighted by Gasteiger charge is 2.22. The lowest BCUT2D eigenvalue weighted by Gasteiger charge is -2.18. The highest BCUT2D eigenvalue weighted by atomic mass is 31.2. The third-order valence-corrected chi connectivity index (χ3v) is 6.33. The molecule has 0 aromatic heterocycles. The van der Waals surface area contributed by atoms with Crippen LogP contribution in [-0.4, -0.2) is 41.0 Å². The second kappa shape index (κ2) is 27.2. The minimum absolute atomic E-state index is 0.0973. The molecule has 0 saturated heterocycles. The van der Waals surface area contributed by atoms with Crippen LogP contribution in [0.1, 0.15) is 117 Å². The van der Waals surface area contributed by atoms with E-state index in [0.29, 0.717) is 12.8 Å². The van der Waals surface area contributed by atoms with Crippen LogP contribution in [0.2, 0.25) is 0 Å². The Morgan fingerprint density at radius 1 is 0.675 bits per heavy atom. The Balaban J connectivity index is 4.22. The summed E-state index contributed by atoms with van der Waals surface area (Å²) in [5.41, 5.74) is 0. The molecule has 0 amide bonds. The van der Waals surface area contributed by atoms with Crippen LogP contribution in [0.3, 0.4) is 0 Å². The summed E-state index contributed by atoms with van der Waals surface area (Å²) in [6.45, 7) is 3.41. The number of hydrogen-bond acceptors (Lipinski definition) is 6. The van der Waals surface area contributed by atoms with Gasteiger partial charge < -0.3 is 19.3 Å². The molecule has 0 aliphatic rings. The van der Waals surface area contributed by atoms with Crippen LogP contribution in [0.15, 0.2) is 48.6 Å². The Morgan fingerprint density at radius 2 is 1.25 bits per heavy atom. The van der Waals surface area contributed by atoms with Crippen LogP contribution in [0, 0.1) is 0 Å². The Kier molecular flexibility index (Phi) is 25.8. The van der Waals surface area contributed by atoms with Gasteiger partial charge in [0, 0.05) is 12.8 Å². The monoisotopic (exact) mass is 584 g/mol. The van der Waals surface area contributed by atoms with Crippen molar-refractivity contribution in [2.24, 2.45) is 0 Å². The van der Waals surface area contributed by atoms with Gasteiger partial charge in [0.25, 0.3) is 0 Å². The summed E-state index contributed by atoms with van der Waals surface area (Å²) >= 11 is 0. The van der Waals surface area contributed by atoms with Crippen molar-refractivity contribution in [3.8, 4) is 0 Å². The molecule has 0 rings (SSSR count). The van der Waals surface area contributed by atoms with Gasteiger partial charge >= 0.3 is 19.8 Å². The van der Waals surface area contributed by atoms with Crippen molar-refractivity contribution in [2.45, 2.75) is 123 Å². The Bertz CT molecular complexity index is 797. The van der Waals surface area contributed by atoms with E-state index in [-0.39, 0.29) is 19.4 Å². The molecule has 9 heteroatoms. The molecule has 0 spiro atoms. The van der Waals surface area contributed by atoms with Crippen LogP contribution in [-0.2, 0) is 28.2 Å². The zero-order chi connectivity index (χ0) is 29.7. The van der Waals surface area contributed by atoms with Gasteiger partial charge in [0.2, 0.25) is 0 Å². The largest absolute Gasteiger partial charge is 0.469 e. The fraction of sp³-hybridized carbons (Fsp3) is 0.677. The zero-order valence-corrected chi connectivity index (χ0v) is 25.6. The molecule has 1 atom stereocenters. The van der Waals surface area contributed by atoms with Crippen LogP contribution in [0.4, 0.5) is 0 Å². The molecule has 0 aliphatic carbocycles. The van der Waals surface area contributed by atoms with E-state index in [2.05, 4.69) is 54.8 Å². The molecule has 0 aromatic rings. The van der Waals surface area contributed by atoms with Gasteiger partial charge in [-0.05, 0) is 57.8 Å². The summed E-state index contributed by atoms with van der Waals surface area (Å²) in [5.74, 6) is -1.02. The van der Waals surface area contributed by atoms with E-state index in [1.165, 1.54) is 38.5 Å². The molecular weight excluding hydrogens is 531 g/mol. The highest BCUT2D eigenvalue weighted by Crippen LogP contribution is 2.35. The lowest BCUT2D eigenvalue weighted by Crippen LogP contribution is -2.29. The molecule has 0 aliphatic heterocycles. The van der Waals surface area contributed by atoms with E-state index in [4.69, 9.17) is 19.3 Å². The van der Waals surface area contributed by atoms with Crippen LogP contribution in [0.25, 0.3) is 0 Å². The minimum Gasteiger partial charge on any atom is -0.462 e. The predicted octanol–water partition coefficient (Wildman–Crippen LogP) is 8.06. The molecule has 0 heterocycles. The van der Waals surface area contributed by atoms with E-state index < -0.39 is 32.5 Å². The fourth-order valence-corrected chi connectivity index (χ4v) is 4.00. The number of rotatable bonds is 26. The molecule has 2 N–H and O–H groups in total. The Hall–Kier alpha value is -1.99. The van der Waals surface area contributed by atoms with Crippen molar-refractivity contribution in [1.29, 1.82) is 0 Å². The minimum atomic E-state index is -4.76. The smallest absolute Gasteiger partial charge is 0.462 e. The number of esters is 2. The average Bonchev–Trinajstić information content (AvgIpc) is 2.91. The average molecular weight is 585 g/mol. The quantitative estimate of drug-likeness (QED) is 0.0453. The van der Waals surface area contributed by atoms with Crippen LogP contribution in [0.5, 0.6) is 0 Å². The van der Waals surface area contributed by atoms with Gasteiger partial charge in [-0.2, -0.15) is 0 Å². The number of carbonyl (C=O) groups is 2. The number of phosphoric ester groups is 1. The number of carbonyl (C=O) groups excluding carboxylic acids is 2. The molecule has 0 bridgehead atoms. The SMILES string of the molecule is CC/C=C/C/C=C/CCCCC(=O)OCC(COP(=O)(O)O)OC(=O)CC/C=C/C/C=C/CCCCCCCC. The lowest BCUT2D eigenvalue weighted by atomic mass is 10.1. The zero-order valence-electron chi connectivity index (χ0n) is 24.7. The standard InChI is InChI=1S/C31H53O8P/c1-3-5-7-9-11-13-14-15-16-18-20-22-24-26-31(33)39-29(28-38-40(34,35)36)27-37-30(32)25-23-21-19-17-12-10-8-6-4-2/h6,8,12,15-17,20,22,29H,3-5,7,9-11,13-14,18-19,21,23-28H2,1-2H3,(H2,34,35,36)/b8-6+,16-15+,17-12+,22-20+. The topological polar surface area (TPSA) is 119 Å². The van der Waals surface area contributed by atoms with Crippen LogP contribution >= 0.6 is 7.82 Å². The number of phosphoric acid groups is 1. The van der Waals surface area contributed by atoms with Crippen molar-refractivity contribution < 1.29 is 37.9 Å². The van der Waals surface area contributed by atoms with Gasteiger partial charge in [-0.15, -0.1) is 0 Å². The lowest BCUT2D eigenvalue weighted by molar-refractivity contribution is -0.161. The van der Waals surface area contributed by atoms with Crippen molar-refractivity contribution in [3.63, 3.8) is 0 Å². The highest BCUT2D eigenvalue weighted by molar-refractivity contribution is 7.46. The van der Waals surface area contributed by atoms with Gasteiger partial charge in [0.1, 0.15) is 6.61 Å². The molecule has 0 saturated carbocycles. The maximum Gasteiger partial charge on any atom is 0.469 e. The molecule has 40 heavy (non-hydrogen) atoms. The maximum atomic E-state index is 12.2. The summed E-state index contributed by atoms with van der Waals surface area (Å²) in [6.07, 6.45) is 30.2.